The van der Waals surface area contributed by atoms with Gasteiger partial charge in [0.25, 0.3) is 5.91 Å². The first-order valence-corrected chi connectivity index (χ1v) is 10.8. The van der Waals surface area contributed by atoms with E-state index in [2.05, 4.69) is 26.1 Å². The van der Waals surface area contributed by atoms with Crippen LogP contribution in [0.5, 0.6) is 5.75 Å². The fourth-order valence-corrected chi connectivity index (χ4v) is 3.95. The van der Waals surface area contributed by atoms with Gasteiger partial charge in [-0.1, -0.05) is 20.8 Å². The first kappa shape index (κ1) is 22.2. The van der Waals surface area contributed by atoms with E-state index in [1.165, 1.54) is 0 Å². The molecule has 0 aliphatic carbocycles. The van der Waals surface area contributed by atoms with E-state index >= 15 is 0 Å². The van der Waals surface area contributed by atoms with Crippen LogP contribution in [0.4, 0.5) is 11.4 Å². The number of nitrogens with one attached hydrogen (secondary N) is 1. The fourth-order valence-electron chi connectivity index (χ4n) is 3.41. The summed E-state index contributed by atoms with van der Waals surface area (Å²) in [6.45, 7) is 8.92. The Bertz CT molecular complexity index is 914. The van der Waals surface area contributed by atoms with Gasteiger partial charge in [-0.15, -0.1) is 0 Å². The minimum absolute atomic E-state index is 0.180. The summed E-state index contributed by atoms with van der Waals surface area (Å²) in [5.41, 5.74) is 2.02. The highest BCUT2D eigenvalue weighted by Crippen LogP contribution is 2.26. The summed E-state index contributed by atoms with van der Waals surface area (Å²) in [4.78, 5) is 29.2. The third kappa shape index (κ3) is 5.14. The summed E-state index contributed by atoms with van der Waals surface area (Å²) in [6.07, 6.45) is 0. The number of halogens is 1. The number of carbonyl (C=O) groups excluding carboxylic acids is 2. The molecule has 0 unspecified atom stereocenters. The lowest BCUT2D eigenvalue weighted by molar-refractivity contribution is -0.139. The van der Waals surface area contributed by atoms with Crippen molar-refractivity contribution < 1.29 is 14.3 Å². The number of ether oxygens (including phenoxy) is 1. The quantitative estimate of drug-likeness (QED) is 0.714. The number of benzene rings is 2. The van der Waals surface area contributed by atoms with Gasteiger partial charge in [-0.05, 0) is 58.4 Å². The van der Waals surface area contributed by atoms with Crippen LogP contribution in [0, 0.1) is 5.41 Å². The van der Waals surface area contributed by atoms with E-state index in [0.717, 1.165) is 42.0 Å². The van der Waals surface area contributed by atoms with Gasteiger partial charge in [0.05, 0.1) is 11.6 Å². The smallest absolute Gasteiger partial charge is 0.255 e. The van der Waals surface area contributed by atoms with E-state index in [0.29, 0.717) is 11.3 Å². The van der Waals surface area contributed by atoms with Crippen molar-refractivity contribution in [1.29, 1.82) is 0 Å². The van der Waals surface area contributed by atoms with Gasteiger partial charge in [0.1, 0.15) is 5.75 Å². The topological polar surface area (TPSA) is 61.9 Å². The second kappa shape index (κ2) is 9.08. The summed E-state index contributed by atoms with van der Waals surface area (Å²) >= 11 is 3.40. The third-order valence-electron chi connectivity index (χ3n) is 5.11. The van der Waals surface area contributed by atoms with Gasteiger partial charge in [0.15, 0.2) is 0 Å². The van der Waals surface area contributed by atoms with Crippen molar-refractivity contribution in [2.45, 2.75) is 20.8 Å². The molecule has 0 atom stereocenters. The molecule has 160 valence electrons. The molecule has 2 aromatic rings. The largest absolute Gasteiger partial charge is 0.496 e. The third-order valence-corrected chi connectivity index (χ3v) is 5.73. The minimum Gasteiger partial charge on any atom is -0.496 e. The van der Waals surface area contributed by atoms with Crippen molar-refractivity contribution in [3.05, 3.63) is 52.5 Å². The standard InChI is InChI=1S/C23H28BrN3O3/c1-23(2,3)22(29)27-13-11-26(12-14-27)18-8-6-17(7-9-18)25-21(28)16-5-10-20(30-4)19(24)15-16/h5-10,15H,11-14H2,1-4H3,(H,25,28). The number of hydrogen-bond donors (Lipinski definition) is 1. The molecule has 2 amide bonds. The van der Waals surface area contributed by atoms with Crippen molar-refractivity contribution in [2.24, 2.45) is 5.41 Å². The summed E-state index contributed by atoms with van der Waals surface area (Å²) < 4.78 is 5.93. The molecule has 1 aliphatic heterocycles. The Morgan fingerprint density at radius 3 is 2.17 bits per heavy atom. The monoisotopic (exact) mass is 473 g/mol. The molecule has 1 saturated heterocycles. The van der Waals surface area contributed by atoms with Crippen molar-refractivity contribution in [2.75, 3.05) is 43.5 Å². The van der Waals surface area contributed by atoms with E-state index in [1.54, 1.807) is 25.3 Å². The number of anilines is 2. The maximum Gasteiger partial charge on any atom is 0.255 e. The average Bonchev–Trinajstić information content (AvgIpc) is 2.73. The predicted octanol–water partition coefficient (Wildman–Crippen LogP) is 4.40. The molecule has 1 aliphatic rings. The van der Waals surface area contributed by atoms with Crippen LogP contribution in [0.2, 0.25) is 0 Å². The van der Waals surface area contributed by atoms with E-state index in [4.69, 9.17) is 4.74 Å². The van der Waals surface area contributed by atoms with Gasteiger partial charge < -0.3 is 19.9 Å². The highest BCUT2D eigenvalue weighted by atomic mass is 79.9. The highest BCUT2D eigenvalue weighted by Gasteiger charge is 2.29. The molecule has 1 fully saturated rings. The Kier molecular flexibility index (Phi) is 6.71. The maximum absolute atomic E-state index is 12.5. The van der Waals surface area contributed by atoms with Gasteiger partial charge in [-0.25, -0.2) is 0 Å². The fraction of sp³-hybridized carbons (Fsp3) is 0.391. The summed E-state index contributed by atoms with van der Waals surface area (Å²) in [5, 5.41) is 2.92. The molecule has 30 heavy (non-hydrogen) atoms. The van der Waals surface area contributed by atoms with Gasteiger partial charge in [-0.3, -0.25) is 9.59 Å². The second-order valence-corrected chi connectivity index (χ2v) is 9.23. The Labute approximate surface area is 186 Å². The normalized spacial score (nSPS) is 14.4. The van der Waals surface area contributed by atoms with E-state index < -0.39 is 0 Å². The number of rotatable bonds is 4. The lowest BCUT2D eigenvalue weighted by Gasteiger charge is -2.38. The maximum atomic E-state index is 12.5. The number of hydrogen-bond acceptors (Lipinski definition) is 4. The van der Waals surface area contributed by atoms with E-state index in [-0.39, 0.29) is 17.2 Å². The molecule has 1 heterocycles. The Morgan fingerprint density at radius 1 is 1.00 bits per heavy atom. The van der Waals surface area contributed by atoms with Crippen LogP contribution in [0.25, 0.3) is 0 Å². The summed E-state index contributed by atoms with van der Waals surface area (Å²) in [5.74, 6) is 0.700. The first-order chi connectivity index (χ1) is 14.2. The number of methoxy groups -OCH3 is 1. The SMILES string of the molecule is COc1ccc(C(=O)Nc2ccc(N3CCN(C(=O)C(C)(C)C)CC3)cc2)cc1Br. The Hall–Kier alpha value is -2.54. The molecule has 0 radical (unpaired) electrons. The molecule has 3 rings (SSSR count). The number of piperazine rings is 1. The van der Waals surface area contributed by atoms with Crippen molar-refractivity contribution >= 4 is 39.1 Å². The summed E-state index contributed by atoms with van der Waals surface area (Å²) in [7, 11) is 1.59. The molecule has 0 aromatic heterocycles. The lowest BCUT2D eigenvalue weighted by atomic mass is 9.94. The van der Waals surface area contributed by atoms with Gasteiger partial charge in [0.2, 0.25) is 5.91 Å². The highest BCUT2D eigenvalue weighted by molar-refractivity contribution is 9.10. The molecule has 2 aromatic carbocycles. The van der Waals surface area contributed by atoms with Crippen LogP contribution in [0.1, 0.15) is 31.1 Å². The molecule has 7 heteroatoms. The lowest BCUT2D eigenvalue weighted by Crippen LogP contribution is -2.51. The molecule has 6 nitrogen and oxygen atoms in total. The van der Waals surface area contributed by atoms with Crippen LogP contribution < -0.4 is 15.0 Å². The number of carbonyl (C=O) groups is 2. The van der Waals surface area contributed by atoms with Crippen LogP contribution in [-0.4, -0.2) is 50.0 Å². The zero-order chi connectivity index (χ0) is 21.9. The first-order valence-electron chi connectivity index (χ1n) is 9.98. The van der Waals surface area contributed by atoms with Gasteiger partial charge in [0, 0.05) is 48.5 Å². The Balaban J connectivity index is 1.58. The van der Waals surface area contributed by atoms with Gasteiger partial charge >= 0.3 is 0 Å². The van der Waals surface area contributed by atoms with Crippen molar-refractivity contribution in [1.82, 2.24) is 4.90 Å². The Morgan fingerprint density at radius 2 is 1.63 bits per heavy atom. The number of nitrogens with zero attached hydrogens (tertiary/aromatic N) is 2. The molecule has 1 N–H and O–H groups in total. The van der Waals surface area contributed by atoms with Crippen LogP contribution >= 0.6 is 15.9 Å². The molecule has 0 spiro atoms. The number of amides is 2. The van der Waals surface area contributed by atoms with E-state index in [1.807, 2.05) is 49.9 Å². The minimum atomic E-state index is -0.346. The van der Waals surface area contributed by atoms with E-state index in [9.17, 15) is 9.59 Å². The average molecular weight is 474 g/mol. The van der Waals surface area contributed by atoms with Crippen LogP contribution in [0.3, 0.4) is 0 Å². The second-order valence-electron chi connectivity index (χ2n) is 8.38. The zero-order valence-corrected chi connectivity index (χ0v) is 19.5. The molecule has 0 saturated carbocycles. The summed E-state index contributed by atoms with van der Waals surface area (Å²) in [6, 6.07) is 13.0. The zero-order valence-electron chi connectivity index (χ0n) is 17.9. The van der Waals surface area contributed by atoms with Crippen LogP contribution in [0.15, 0.2) is 46.9 Å². The predicted molar refractivity (Wildman–Crippen MR) is 123 cm³/mol. The molecular weight excluding hydrogens is 446 g/mol. The molecular formula is C23H28BrN3O3. The van der Waals surface area contributed by atoms with Crippen LogP contribution in [-0.2, 0) is 4.79 Å². The van der Waals surface area contributed by atoms with Gasteiger partial charge in [-0.2, -0.15) is 0 Å². The molecule has 0 bridgehead atoms. The van der Waals surface area contributed by atoms with Crippen molar-refractivity contribution in [3.8, 4) is 5.75 Å². The van der Waals surface area contributed by atoms with Crippen molar-refractivity contribution in [3.63, 3.8) is 0 Å².